The lowest BCUT2D eigenvalue weighted by atomic mass is 9.96. The number of rotatable bonds is 4. The van der Waals surface area contributed by atoms with Gasteiger partial charge in [0.1, 0.15) is 5.69 Å². The van der Waals surface area contributed by atoms with Gasteiger partial charge in [-0.1, -0.05) is 60.7 Å². The quantitative estimate of drug-likeness (QED) is 0.705. The van der Waals surface area contributed by atoms with Crippen molar-refractivity contribution in [1.82, 2.24) is 19.8 Å². The van der Waals surface area contributed by atoms with E-state index in [2.05, 4.69) is 63.4 Å². The van der Waals surface area contributed by atoms with E-state index in [-0.39, 0.29) is 11.9 Å². The van der Waals surface area contributed by atoms with Gasteiger partial charge < -0.3 is 4.90 Å². The van der Waals surface area contributed by atoms with Gasteiger partial charge >= 0.3 is 0 Å². The average Bonchev–Trinajstić information content (AvgIpc) is 2.76. The molecule has 5 heteroatoms. The second kappa shape index (κ2) is 8.31. The molecular weight excluding hydrogens is 348 g/mol. The first-order valence-electron chi connectivity index (χ1n) is 9.64. The van der Waals surface area contributed by atoms with Crippen LogP contribution in [0.25, 0.3) is 0 Å². The molecule has 1 aromatic heterocycles. The van der Waals surface area contributed by atoms with Gasteiger partial charge in [0.15, 0.2) is 0 Å². The van der Waals surface area contributed by atoms with Crippen molar-refractivity contribution in [3.8, 4) is 0 Å². The molecule has 0 unspecified atom stereocenters. The first-order chi connectivity index (χ1) is 13.7. The first kappa shape index (κ1) is 18.3. The zero-order valence-corrected chi connectivity index (χ0v) is 16.0. The number of hydrogen-bond acceptors (Lipinski definition) is 4. The van der Waals surface area contributed by atoms with Crippen LogP contribution >= 0.6 is 0 Å². The molecule has 4 rings (SSSR count). The highest BCUT2D eigenvalue weighted by Crippen LogP contribution is 2.29. The smallest absolute Gasteiger partial charge is 0.274 e. The third-order valence-electron chi connectivity index (χ3n) is 5.20. The van der Waals surface area contributed by atoms with Crippen molar-refractivity contribution in [3.05, 3.63) is 95.6 Å². The fourth-order valence-electron chi connectivity index (χ4n) is 3.73. The van der Waals surface area contributed by atoms with Gasteiger partial charge in [-0.3, -0.25) is 14.7 Å². The molecule has 0 atom stereocenters. The summed E-state index contributed by atoms with van der Waals surface area (Å²) in [6, 6.07) is 21.3. The number of aryl methyl sites for hydroxylation is 1. The molecule has 3 aromatic rings. The van der Waals surface area contributed by atoms with Crippen molar-refractivity contribution in [2.75, 3.05) is 26.2 Å². The molecule has 1 saturated heterocycles. The maximum Gasteiger partial charge on any atom is 0.274 e. The predicted octanol–water partition coefficient (Wildman–Crippen LogP) is 3.33. The summed E-state index contributed by atoms with van der Waals surface area (Å²) in [5.41, 5.74) is 3.78. The molecule has 142 valence electrons. The number of piperazine rings is 1. The van der Waals surface area contributed by atoms with Gasteiger partial charge in [-0.25, -0.2) is 4.98 Å². The summed E-state index contributed by atoms with van der Waals surface area (Å²) in [6.07, 6.45) is 3.21. The van der Waals surface area contributed by atoms with E-state index in [1.54, 1.807) is 12.4 Å². The van der Waals surface area contributed by atoms with Gasteiger partial charge in [-0.2, -0.15) is 0 Å². The highest BCUT2D eigenvalue weighted by molar-refractivity contribution is 5.92. The second-order valence-corrected chi connectivity index (χ2v) is 7.10. The maximum atomic E-state index is 12.7. The number of carbonyl (C=O) groups is 1. The van der Waals surface area contributed by atoms with Gasteiger partial charge in [0.25, 0.3) is 5.91 Å². The maximum absolute atomic E-state index is 12.7. The first-order valence-corrected chi connectivity index (χ1v) is 9.64. The van der Waals surface area contributed by atoms with Crippen LogP contribution in [0.3, 0.4) is 0 Å². The molecule has 1 amide bonds. The van der Waals surface area contributed by atoms with Crippen LogP contribution in [0.1, 0.15) is 33.4 Å². The van der Waals surface area contributed by atoms with Crippen molar-refractivity contribution < 1.29 is 4.79 Å². The Morgan fingerprint density at radius 2 is 1.39 bits per heavy atom. The summed E-state index contributed by atoms with van der Waals surface area (Å²) in [6.45, 7) is 4.88. The minimum atomic E-state index is -0.0388. The van der Waals surface area contributed by atoms with Gasteiger partial charge in [-0.15, -0.1) is 0 Å². The van der Waals surface area contributed by atoms with Crippen LogP contribution in [0.2, 0.25) is 0 Å². The van der Waals surface area contributed by atoms with Crippen LogP contribution < -0.4 is 0 Å². The molecule has 0 saturated carbocycles. The van der Waals surface area contributed by atoms with Gasteiger partial charge in [-0.05, 0) is 18.1 Å². The molecular formula is C23H24N4O. The average molecular weight is 372 g/mol. The summed E-state index contributed by atoms with van der Waals surface area (Å²) in [7, 11) is 0. The van der Waals surface area contributed by atoms with Crippen molar-refractivity contribution >= 4 is 5.91 Å². The number of carbonyl (C=O) groups excluding carboxylic acids is 1. The van der Waals surface area contributed by atoms with Crippen molar-refractivity contribution in [3.63, 3.8) is 0 Å². The molecule has 0 spiro atoms. The van der Waals surface area contributed by atoms with Crippen LogP contribution in [0.4, 0.5) is 0 Å². The molecule has 5 nitrogen and oxygen atoms in total. The lowest BCUT2D eigenvalue weighted by Gasteiger charge is -2.39. The van der Waals surface area contributed by atoms with Crippen LogP contribution in [0, 0.1) is 6.92 Å². The Kier molecular flexibility index (Phi) is 5.44. The topological polar surface area (TPSA) is 49.3 Å². The molecule has 28 heavy (non-hydrogen) atoms. The molecule has 0 bridgehead atoms. The fourth-order valence-corrected chi connectivity index (χ4v) is 3.73. The Bertz CT molecular complexity index is 865. The number of hydrogen-bond donors (Lipinski definition) is 0. The fraction of sp³-hybridized carbons (Fsp3) is 0.261. The van der Waals surface area contributed by atoms with Gasteiger partial charge in [0, 0.05) is 32.4 Å². The van der Waals surface area contributed by atoms with E-state index < -0.39 is 0 Å². The minimum absolute atomic E-state index is 0.0388. The molecule has 1 fully saturated rings. The van der Waals surface area contributed by atoms with E-state index in [1.807, 2.05) is 24.0 Å². The highest BCUT2D eigenvalue weighted by Gasteiger charge is 2.28. The Labute approximate surface area is 165 Å². The lowest BCUT2D eigenvalue weighted by Crippen LogP contribution is -2.50. The number of amides is 1. The Hall–Kier alpha value is -3.05. The third-order valence-corrected chi connectivity index (χ3v) is 5.20. The summed E-state index contributed by atoms with van der Waals surface area (Å²) in [5.74, 6) is -0.0388. The Balaban J connectivity index is 1.50. The van der Waals surface area contributed by atoms with E-state index in [0.29, 0.717) is 18.8 Å². The second-order valence-electron chi connectivity index (χ2n) is 7.10. The summed E-state index contributed by atoms with van der Waals surface area (Å²) >= 11 is 0. The molecule has 0 radical (unpaired) electrons. The zero-order valence-electron chi connectivity index (χ0n) is 16.0. The van der Waals surface area contributed by atoms with Crippen molar-refractivity contribution in [2.45, 2.75) is 13.0 Å². The summed E-state index contributed by atoms with van der Waals surface area (Å²) < 4.78 is 0. The monoisotopic (exact) mass is 372 g/mol. The largest absolute Gasteiger partial charge is 0.335 e. The number of aromatic nitrogens is 2. The van der Waals surface area contributed by atoms with Crippen LogP contribution in [0.15, 0.2) is 73.1 Å². The SMILES string of the molecule is Cc1cnc(C(=O)N2CCN(C(c3ccccc3)c3ccccc3)CC2)cn1. The van der Waals surface area contributed by atoms with E-state index in [9.17, 15) is 4.79 Å². The third kappa shape index (κ3) is 3.94. The molecule has 0 N–H and O–H groups in total. The van der Waals surface area contributed by atoms with Gasteiger partial charge in [0.2, 0.25) is 0 Å². The highest BCUT2D eigenvalue weighted by atomic mass is 16.2. The van der Waals surface area contributed by atoms with Crippen LogP contribution in [0.5, 0.6) is 0 Å². The Morgan fingerprint density at radius 1 is 0.821 bits per heavy atom. The lowest BCUT2D eigenvalue weighted by molar-refractivity contribution is 0.0591. The standard InChI is InChI=1S/C23H24N4O/c1-18-16-25-21(17-24-18)23(28)27-14-12-26(13-15-27)22(19-8-4-2-5-9-19)20-10-6-3-7-11-20/h2-11,16-17,22H,12-15H2,1H3. The normalized spacial score (nSPS) is 15.0. The van der Waals surface area contributed by atoms with E-state index >= 15 is 0 Å². The van der Waals surface area contributed by atoms with Crippen LogP contribution in [-0.4, -0.2) is 51.9 Å². The van der Waals surface area contributed by atoms with E-state index in [4.69, 9.17) is 0 Å². The Morgan fingerprint density at radius 3 is 1.89 bits per heavy atom. The van der Waals surface area contributed by atoms with E-state index in [0.717, 1.165) is 18.8 Å². The van der Waals surface area contributed by atoms with E-state index in [1.165, 1.54) is 11.1 Å². The zero-order chi connectivity index (χ0) is 19.3. The molecule has 2 heterocycles. The number of benzene rings is 2. The molecule has 0 aliphatic carbocycles. The minimum Gasteiger partial charge on any atom is -0.335 e. The van der Waals surface area contributed by atoms with Gasteiger partial charge in [0.05, 0.1) is 17.9 Å². The van der Waals surface area contributed by atoms with Crippen molar-refractivity contribution in [1.29, 1.82) is 0 Å². The summed E-state index contributed by atoms with van der Waals surface area (Å²) in [4.78, 5) is 25.5. The summed E-state index contributed by atoms with van der Waals surface area (Å²) in [5, 5.41) is 0. The van der Waals surface area contributed by atoms with Crippen LogP contribution in [-0.2, 0) is 0 Å². The predicted molar refractivity (Wildman–Crippen MR) is 109 cm³/mol. The molecule has 1 aliphatic heterocycles. The molecule has 2 aromatic carbocycles. The molecule has 1 aliphatic rings. The number of nitrogens with zero attached hydrogens (tertiary/aromatic N) is 4. The van der Waals surface area contributed by atoms with Crippen molar-refractivity contribution in [2.24, 2.45) is 0 Å².